The second-order valence-electron chi connectivity index (χ2n) is 7.16. The lowest BCUT2D eigenvalue weighted by atomic mass is 9.79. The number of nitrogens with zero attached hydrogens (tertiary/aromatic N) is 2. The smallest absolute Gasteiger partial charge is 0.317 e. The first-order valence-electron chi connectivity index (χ1n) is 9.44. The lowest BCUT2D eigenvalue weighted by Crippen LogP contribution is -2.35. The summed E-state index contributed by atoms with van der Waals surface area (Å²) in [6, 6.07) is 15.5. The first kappa shape index (κ1) is 18.3. The summed E-state index contributed by atoms with van der Waals surface area (Å²) in [5.74, 6) is -0.0198. The molecule has 1 aliphatic carbocycles. The lowest BCUT2D eigenvalue weighted by Gasteiger charge is -2.28. The van der Waals surface area contributed by atoms with Crippen LogP contribution in [0.3, 0.4) is 0 Å². The van der Waals surface area contributed by atoms with Crippen LogP contribution in [0.2, 0.25) is 0 Å². The van der Waals surface area contributed by atoms with Crippen molar-refractivity contribution in [2.45, 2.75) is 44.1 Å². The molecule has 0 amide bonds. The average molecular weight is 380 g/mol. The van der Waals surface area contributed by atoms with Crippen molar-refractivity contribution in [3.63, 3.8) is 0 Å². The molecule has 1 heterocycles. The zero-order valence-electron chi connectivity index (χ0n) is 15.6. The molecule has 1 aliphatic rings. The summed E-state index contributed by atoms with van der Waals surface area (Å²) >= 11 is 0. The number of hydrogen-bond acceptors (Lipinski definition) is 5. The first-order chi connectivity index (χ1) is 13.6. The van der Waals surface area contributed by atoms with E-state index in [1.54, 1.807) is 19.1 Å². The fraction of sp³-hybridized carbons (Fsp3) is 0.318. The van der Waals surface area contributed by atoms with Crippen molar-refractivity contribution >= 4 is 5.97 Å². The number of halogens is 1. The van der Waals surface area contributed by atoms with Gasteiger partial charge in [0.15, 0.2) is 6.10 Å². The molecule has 1 aromatic heterocycles. The van der Waals surface area contributed by atoms with Gasteiger partial charge in [-0.1, -0.05) is 43.2 Å². The van der Waals surface area contributed by atoms with Gasteiger partial charge in [-0.15, -0.1) is 10.2 Å². The van der Waals surface area contributed by atoms with Crippen LogP contribution in [0.4, 0.5) is 4.39 Å². The van der Waals surface area contributed by atoms with E-state index in [0.717, 1.165) is 24.0 Å². The number of benzene rings is 2. The Balaban J connectivity index is 1.53. The van der Waals surface area contributed by atoms with Crippen LogP contribution in [-0.2, 0) is 14.9 Å². The molecule has 1 saturated carbocycles. The van der Waals surface area contributed by atoms with Gasteiger partial charge in [-0.2, -0.15) is 0 Å². The zero-order valence-corrected chi connectivity index (χ0v) is 15.6. The first-order valence-corrected chi connectivity index (χ1v) is 9.44. The molecular formula is C22H21FN2O3. The van der Waals surface area contributed by atoms with Crippen molar-refractivity contribution in [2.75, 3.05) is 0 Å². The van der Waals surface area contributed by atoms with Crippen molar-refractivity contribution in [2.24, 2.45) is 0 Å². The summed E-state index contributed by atoms with van der Waals surface area (Å²) in [7, 11) is 0. The number of carbonyl (C=O) groups is 1. The minimum Gasteiger partial charge on any atom is -0.452 e. The highest BCUT2D eigenvalue weighted by atomic mass is 19.1. The Labute approximate surface area is 162 Å². The van der Waals surface area contributed by atoms with E-state index in [2.05, 4.69) is 10.2 Å². The van der Waals surface area contributed by atoms with Crippen LogP contribution in [0.15, 0.2) is 59.0 Å². The third kappa shape index (κ3) is 3.42. The van der Waals surface area contributed by atoms with Crippen LogP contribution in [0.5, 0.6) is 0 Å². The highest BCUT2D eigenvalue weighted by Crippen LogP contribution is 2.43. The molecule has 144 valence electrons. The summed E-state index contributed by atoms with van der Waals surface area (Å²) in [6.07, 6.45) is 2.56. The monoisotopic (exact) mass is 380 g/mol. The van der Waals surface area contributed by atoms with Gasteiger partial charge in [-0.25, -0.2) is 4.39 Å². The summed E-state index contributed by atoms with van der Waals surface area (Å²) in [5.41, 5.74) is 0.849. The van der Waals surface area contributed by atoms with Crippen molar-refractivity contribution in [1.29, 1.82) is 0 Å². The minimum absolute atomic E-state index is 0.249. The van der Waals surface area contributed by atoms with Gasteiger partial charge in [0.2, 0.25) is 5.89 Å². The van der Waals surface area contributed by atoms with E-state index in [1.165, 1.54) is 12.1 Å². The van der Waals surface area contributed by atoms with Gasteiger partial charge in [-0.05, 0) is 49.6 Å². The van der Waals surface area contributed by atoms with E-state index in [-0.39, 0.29) is 17.7 Å². The van der Waals surface area contributed by atoms with E-state index in [0.29, 0.717) is 18.7 Å². The molecule has 0 radical (unpaired) electrons. The van der Waals surface area contributed by atoms with Gasteiger partial charge in [0.05, 0.1) is 5.41 Å². The second-order valence-corrected chi connectivity index (χ2v) is 7.16. The van der Waals surface area contributed by atoms with Crippen LogP contribution in [0, 0.1) is 5.82 Å². The van der Waals surface area contributed by atoms with Crippen LogP contribution in [0.1, 0.15) is 50.2 Å². The fourth-order valence-electron chi connectivity index (χ4n) is 3.78. The average Bonchev–Trinajstić information content (AvgIpc) is 3.40. The SMILES string of the molecule is C[C@H](OC(=O)C1(c2ccc(F)cc2)CCCC1)c1nnc(-c2ccccc2)o1. The highest BCUT2D eigenvalue weighted by molar-refractivity contribution is 5.83. The topological polar surface area (TPSA) is 65.2 Å². The predicted molar refractivity (Wildman–Crippen MR) is 101 cm³/mol. The number of esters is 1. The molecule has 4 rings (SSSR count). The van der Waals surface area contributed by atoms with Crippen molar-refractivity contribution in [1.82, 2.24) is 10.2 Å². The van der Waals surface area contributed by atoms with Gasteiger partial charge in [0, 0.05) is 5.56 Å². The molecular weight excluding hydrogens is 359 g/mol. The number of rotatable bonds is 5. The van der Waals surface area contributed by atoms with Crippen molar-refractivity contribution in [3.05, 3.63) is 71.9 Å². The maximum absolute atomic E-state index is 13.3. The van der Waals surface area contributed by atoms with E-state index in [9.17, 15) is 9.18 Å². The van der Waals surface area contributed by atoms with Crippen molar-refractivity contribution < 1.29 is 18.3 Å². The van der Waals surface area contributed by atoms with Crippen LogP contribution >= 0.6 is 0 Å². The summed E-state index contributed by atoms with van der Waals surface area (Å²) < 4.78 is 24.8. The van der Waals surface area contributed by atoms with Crippen molar-refractivity contribution in [3.8, 4) is 11.5 Å². The Morgan fingerprint density at radius 3 is 2.43 bits per heavy atom. The molecule has 0 saturated heterocycles. The Bertz CT molecular complexity index is 947. The zero-order chi connectivity index (χ0) is 19.6. The van der Waals surface area contributed by atoms with E-state index in [4.69, 9.17) is 9.15 Å². The molecule has 5 nitrogen and oxygen atoms in total. The van der Waals surface area contributed by atoms with Crippen LogP contribution in [0.25, 0.3) is 11.5 Å². The Hall–Kier alpha value is -3.02. The molecule has 0 spiro atoms. The number of hydrogen-bond donors (Lipinski definition) is 0. The maximum Gasteiger partial charge on any atom is 0.317 e. The molecule has 28 heavy (non-hydrogen) atoms. The predicted octanol–water partition coefficient (Wildman–Crippen LogP) is 4.99. The molecule has 3 aromatic rings. The summed E-state index contributed by atoms with van der Waals surface area (Å²) in [4.78, 5) is 13.1. The van der Waals surface area contributed by atoms with E-state index >= 15 is 0 Å². The summed E-state index contributed by atoms with van der Waals surface area (Å²) in [6.45, 7) is 1.72. The third-order valence-corrected chi connectivity index (χ3v) is 5.34. The van der Waals surface area contributed by atoms with Gasteiger partial charge in [0.1, 0.15) is 5.82 Å². The van der Waals surface area contributed by atoms with E-state index in [1.807, 2.05) is 30.3 Å². The quantitative estimate of drug-likeness (QED) is 0.583. The Morgan fingerprint density at radius 2 is 1.75 bits per heavy atom. The largest absolute Gasteiger partial charge is 0.452 e. The number of carbonyl (C=O) groups excluding carboxylic acids is 1. The fourth-order valence-corrected chi connectivity index (χ4v) is 3.78. The van der Waals surface area contributed by atoms with Gasteiger partial charge < -0.3 is 9.15 Å². The number of aromatic nitrogens is 2. The molecule has 0 N–H and O–H groups in total. The van der Waals surface area contributed by atoms with Crippen LogP contribution in [-0.4, -0.2) is 16.2 Å². The Kier molecular flexibility index (Phi) is 4.94. The normalized spacial score (nSPS) is 16.6. The Morgan fingerprint density at radius 1 is 1.07 bits per heavy atom. The lowest BCUT2D eigenvalue weighted by molar-refractivity contribution is -0.156. The molecule has 1 atom stereocenters. The second kappa shape index (κ2) is 7.54. The van der Waals surface area contributed by atoms with Gasteiger partial charge in [0.25, 0.3) is 5.89 Å². The minimum atomic E-state index is -0.746. The molecule has 0 bridgehead atoms. The standard InChI is InChI=1S/C22H21FN2O3/c1-15(19-24-25-20(28-19)16-7-3-2-4-8-16)27-21(26)22(13-5-6-14-22)17-9-11-18(23)12-10-17/h2-4,7-12,15H,5-6,13-14H2,1H3/t15-/m0/s1. The highest BCUT2D eigenvalue weighted by Gasteiger charge is 2.45. The third-order valence-electron chi connectivity index (χ3n) is 5.34. The van der Waals surface area contributed by atoms with Gasteiger partial charge >= 0.3 is 5.97 Å². The molecule has 0 aliphatic heterocycles. The number of ether oxygens (including phenoxy) is 1. The van der Waals surface area contributed by atoms with Gasteiger partial charge in [-0.3, -0.25) is 4.79 Å². The van der Waals surface area contributed by atoms with E-state index < -0.39 is 11.5 Å². The molecule has 2 aromatic carbocycles. The molecule has 6 heteroatoms. The van der Waals surface area contributed by atoms with Crippen LogP contribution < -0.4 is 0 Å². The summed E-state index contributed by atoms with van der Waals surface area (Å²) in [5, 5.41) is 8.08. The molecule has 0 unspecified atom stereocenters. The maximum atomic E-state index is 13.3. The molecule has 1 fully saturated rings.